The van der Waals surface area contributed by atoms with Crippen LogP contribution >= 0.6 is 15.9 Å². The maximum absolute atomic E-state index is 11.7. The number of rotatable bonds is 2. The molecule has 1 aromatic rings. The quantitative estimate of drug-likeness (QED) is 0.876. The molecule has 4 nitrogen and oxygen atoms in total. The molecule has 0 saturated carbocycles. The first-order valence-corrected chi connectivity index (χ1v) is 4.90. The molecule has 0 atom stereocenters. The topological polar surface area (TPSA) is 45.2 Å². The minimum Gasteiger partial charge on any atom is -0.372 e. The standard InChI is InChI=1S/C9H12BrN3O/c1-11-8-7(9(14)13(2)3)4-6(10)5-12-8/h4-5H,1-3H3,(H,11,12). The van der Waals surface area contributed by atoms with Crippen molar-refractivity contribution in [3.8, 4) is 0 Å². The van der Waals surface area contributed by atoms with Gasteiger partial charge in [-0.15, -0.1) is 0 Å². The molecule has 0 spiro atoms. The molecule has 1 heterocycles. The summed E-state index contributed by atoms with van der Waals surface area (Å²) in [4.78, 5) is 17.3. The average Bonchev–Trinajstić information content (AvgIpc) is 2.16. The Labute approximate surface area is 91.4 Å². The number of nitrogens with zero attached hydrogens (tertiary/aromatic N) is 2. The number of amides is 1. The van der Waals surface area contributed by atoms with Gasteiger partial charge in [-0.1, -0.05) is 0 Å². The van der Waals surface area contributed by atoms with Gasteiger partial charge in [0.25, 0.3) is 5.91 Å². The second-order valence-corrected chi connectivity index (χ2v) is 3.91. The van der Waals surface area contributed by atoms with Gasteiger partial charge >= 0.3 is 0 Å². The molecule has 0 radical (unpaired) electrons. The molecule has 1 rings (SSSR count). The monoisotopic (exact) mass is 257 g/mol. The van der Waals surface area contributed by atoms with Crippen molar-refractivity contribution < 1.29 is 4.79 Å². The maximum atomic E-state index is 11.7. The molecule has 14 heavy (non-hydrogen) atoms. The molecule has 0 aliphatic rings. The van der Waals surface area contributed by atoms with Crippen LogP contribution in [0.2, 0.25) is 0 Å². The van der Waals surface area contributed by atoms with Crippen LogP contribution in [0.15, 0.2) is 16.7 Å². The smallest absolute Gasteiger partial charge is 0.257 e. The summed E-state index contributed by atoms with van der Waals surface area (Å²) in [5.74, 6) is 0.523. The fourth-order valence-electron chi connectivity index (χ4n) is 1.04. The third-order valence-corrected chi connectivity index (χ3v) is 2.16. The fraction of sp³-hybridized carbons (Fsp3) is 0.333. The Hall–Kier alpha value is -1.10. The molecule has 0 bridgehead atoms. The van der Waals surface area contributed by atoms with Gasteiger partial charge in [-0.2, -0.15) is 0 Å². The summed E-state index contributed by atoms with van der Waals surface area (Å²) in [6, 6.07) is 1.75. The Morgan fingerprint density at radius 1 is 1.57 bits per heavy atom. The minimum absolute atomic E-state index is 0.0665. The molecule has 1 N–H and O–H groups in total. The largest absolute Gasteiger partial charge is 0.372 e. The fourth-order valence-corrected chi connectivity index (χ4v) is 1.37. The molecule has 1 amide bonds. The van der Waals surface area contributed by atoms with Gasteiger partial charge < -0.3 is 10.2 Å². The summed E-state index contributed by atoms with van der Waals surface area (Å²) in [5, 5.41) is 2.88. The van der Waals surface area contributed by atoms with Crippen LogP contribution < -0.4 is 5.32 Å². The molecule has 1 aromatic heterocycles. The van der Waals surface area contributed by atoms with Crippen LogP contribution in [0.5, 0.6) is 0 Å². The number of halogens is 1. The van der Waals surface area contributed by atoms with Crippen molar-refractivity contribution in [3.63, 3.8) is 0 Å². The summed E-state index contributed by atoms with van der Waals surface area (Å²) in [6.45, 7) is 0. The van der Waals surface area contributed by atoms with Crippen LogP contribution in [0.1, 0.15) is 10.4 Å². The summed E-state index contributed by atoms with van der Waals surface area (Å²) in [6.07, 6.45) is 1.65. The lowest BCUT2D eigenvalue weighted by Gasteiger charge is -2.13. The second-order valence-electron chi connectivity index (χ2n) is 3.00. The number of aromatic nitrogens is 1. The van der Waals surface area contributed by atoms with Crippen LogP contribution in [-0.4, -0.2) is 36.9 Å². The maximum Gasteiger partial charge on any atom is 0.257 e. The first-order chi connectivity index (χ1) is 6.56. The van der Waals surface area contributed by atoms with Crippen LogP contribution in [-0.2, 0) is 0 Å². The van der Waals surface area contributed by atoms with Crippen molar-refractivity contribution in [2.24, 2.45) is 0 Å². The molecule has 5 heteroatoms. The minimum atomic E-state index is -0.0665. The van der Waals surface area contributed by atoms with E-state index in [-0.39, 0.29) is 5.91 Å². The molecule has 0 saturated heterocycles. The van der Waals surface area contributed by atoms with Gasteiger partial charge in [0.1, 0.15) is 5.82 Å². The molecular formula is C9H12BrN3O. The van der Waals surface area contributed by atoms with Crippen molar-refractivity contribution in [2.75, 3.05) is 26.5 Å². The van der Waals surface area contributed by atoms with E-state index in [0.29, 0.717) is 11.4 Å². The summed E-state index contributed by atoms with van der Waals surface area (Å²) >= 11 is 3.28. The van der Waals surface area contributed by atoms with Gasteiger partial charge in [-0.05, 0) is 22.0 Å². The van der Waals surface area contributed by atoms with Crippen molar-refractivity contribution in [1.82, 2.24) is 9.88 Å². The first kappa shape index (κ1) is 11.0. The predicted molar refractivity (Wildman–Crippen MR) is 59.5 cm³/mol. The summed E-state index contributed by atoms with van der Waals surface area (Å²) < 4.78 is 0.793. The van der Waals surface area contributed by atoms with Gasteiger partial charge in [0.15, 0.2) is 0 Å². The van der Waals surface area contributed by atoms with Crippen molar-refractivity contribution in [2.45, 2.75) is 0 Å². The molecule has 0 fully saturated rings. The number of nitrogens with one attached hydrogen (secondary N) is 1. The van der Waals surface area contributed by atoms with Gasteiger partial charge in [0, 0.05) is 31.8 Å². The molecule has 76 valence electrons. The lowest BCUT2D eigenvalue weighted by atomic mass is 10.2. The van der Waals surface area contributed by atoms with E-state index in [1.165, 1.54) is 4.90 Å². The highest BCUT2D eigenvalue weighted by Crippen LogP contribution is 2.18. The van der Waals surface area contributed by atoms with Crippen molar-refractivity contribution >= 4 is 27.7 Å². The highest BCUT2D eigenvalue weighted by atomic mass is 79.9. The van der Waals surface area contributed by atoms with Crippen molar-refractivity contribution in [3.05, 3.63) is 22.3 Å². The predicted octanol–water partition coefficient (Wildman–Crippen LogP) is 1.59. The van der Waals surface area contributed by atoms with Gasteiger partial charge in [0.05, 0.1) is 5.56 Å². The SMILES string of the molecule is CNc1ncc(Br)cc1C(=O)N(C)C. The van der Waals surface area contributed by atoms with E-state index in [1.54, 1.807) is 33.4 Å². The van der Waals surface area contributed by atoms with Crippen LogP contribution in [0.25, 0.3) is 0 Å². The third kappa shape index (κ3) is 2.23. The Kier molecular flexibility index (Phi) is 3.46. The van der Waals surface area contributed by atoms with E-state index >= 15 is 0 Å². The zero-order valence-corrected chi connectivity index (χ0v) is 9.92. The molecule has 0 aliphatic carbocycles. The van der Waals surface area contributed by atoms with E-state index < -0.39 is 0 Å². The number of carbonyl (C=O) groups is 1. The van der Waals surface area contributed by atoms with Crippen LogP contribution in [0.3, 0.4) is 0 Å². The Balaban J connectivity index is 3.17. The highest BCUT2D eigenvalue weighted by molar-refractivity contribution is 9.10. The number of pyridine rings is 1. The zero-order valence-electron chi connectivity index (χ0n) is 8.34. The Bertz CT molecular complexity index is 352. The van der Waals surface area contributed by atoms with Gasteiger partial charge in [-0.25, -0.2) is 4.98 Å². The second kappa shape index (κ2) is 4.41. The molecule has 0 aromatic carbocycles. The first-order valence-electron chi connectivity index (χ1n) is 4.11. The van der Waals surface area contributed by atoms with E-state index in [2.05, 4.69) is 26.2 Å². The normalized spacial score (nSPS) is 9.71. The summed E-state index contributed by atoms with van der Waals surface area (Å²) in [7, 11) is 5.16. The zero-order chi connectivity index (χ0) is 10.7. The van der Waals surface area contributed by atoms with Crippen LogP contribution in [0, 0.1) is 0 Å². The summed E-state index contributed by atoms with van der Waals surface area (Å²) in [5.41, 5.74) is 0.562. The van der Waals surface area contributed by atoms with Gasteiger partial charge in [-0.3, -0.25) is 4.79 Å². The molecular weight excluding hydrogens is 246 g/mol. The van der Waals surface area contributed by atoms with Crippen LogP contribution in [0.4, 0.5) is 5.82 Å². The van der Waals surface area contributed by atoms with E-state index in [1.807, 2.05) is 0 Å². The van der Waals surface area contributed by atoms with E-state index in [4.69, 9.17) is 0 Å². The lowest BCUT2D eigenvalue weighted by Crippen LogP contribution is -2.23. The van der Waals surface area contributed by atoms with Gasteiger partial charge in [0.2, 0.25) is 0 Å². The van der Waals surface area contributed by atoms with E-state index in [0.717, 1.165) is 4.47 Å². The number of hydrogen-bond acceptors (Lipinski definition) is 3. The Morgan fingerprint density at radius 3 is 2.71 bits per heavy atom. The third-order valence-electron chi connectivity index (χ3n) is 1.73. The lowest BCUT2D eigenvalue weighted by molar-refractivity contribution is 0.0828. The number of anilines is 1. The molecule has 0 aliphatic heterocycles. The molecule has 0 unspecified atom stereocenters. The number of hydrogen-bond donors (Lipinski definition) is 1. The number of carbonyl (C=O) groups excluding carboxylic acids is 1. The highest BCUT2D eigenvalue weighted by Gasteiger charge is 2.13. The Morgan fingerprint density at radius 2 is 2.21 bits per heavy atom. The van der Waals surface area contributed by atoms with Crippen molar-refractivity contribution in [1.29, 1.82) is 0 Å². The average molecular weight is 258 g/mol. The van der Waals surface area contributed by atoms with E-state index in [9.17, 15) is 4.79 Å².